The summed E-state index contributed by atoms with van der Waals surface area (Å²) in [6.07, 6.45) is 4.41. The quantitative estimate of drug-likeness (QED) is 0.444. The average molecular weight is 207 g/mol. The molecule has 0 heterocycles. The van der Waals surface area contributed by atoms with Gasteiger partial charge in [-0.05, 0) is 24.6 Å². The smallest absolute Gasteiger partial charge is 0.292 e. The second kappa shape index (κ2) is 5.11. The maximum Gasteiger partial charge on any atom is 0.292 e. The SMILES string of the molecule is NCCC=Cc1ccc(N)c([N+](=O)[O-])c1. The molecule has 0 aliphatic heterocycles. The van der Waals surface area contributed by atoms with E-state index in [0.717, 1.165) is 12.0 Å². The van der Waals surface area contributed by atoms with Crippen LogP contribution in [0.2, 0.25) is 0 Å². The molecule has 0 spiro atoms. The van der Waals surface area contributed by atoms with Crippen molar-refractivity contribution in [1.29, 1.82) is 0 Å². The summed E-state index contributed by atoms with van der Waals surface area (Å²) in [5, 5.41) is 10.6. The minimum Gasteiger partial charge on any atom is -0.393 e. The Kier molecular flexibility index (Phi) is 3.82. The molecule has 0 bridgehead atoms. The Labute approximate surface area is 87.5 Å². The van der Waals surface area contributed by atoms with E-state index in [1.807, 2.05) is 6.08 Å². The van der Waals surface area contributed by atoms with Crippen molar-refractivity contribution in [3.63, 3.8) is 0 Å². The lowest BCUT2D eigenvalue weighted by atomic mass is 10.1. The van der Waals surface area contributed by atoms with Gasteiger partial charge in [-0.2, -0.15) is 0 Å². The number of nitro benzene ring substituents is 1. The number of rotatable bonds is 4. The lowest BCUT2D eigenvalue weighted by molar-refractivity contribution is -0.383. The van der Waals surface area contributed by atoms with Gasteiger partial charge in [-0.25, -0.2) is 0 Å². The summed E-state index contributed by atoms with van der Waals surface area (Å²) < 4.78 is 0. The second-order valence-electron chi connectivity index (χ2n) is 3.06. The molecule has 4 N–H and O–H groups in total. The molecule has 5 heteroatoms. The van der Waals surface area contributed by atoms with Crippen molar-refractivity contribution in [2.24, 2.45) is 5.73 Å². The maximum absolute atomic E-state index is 10.6. The molecule has 0 saturated heterocycles. The van der Waals surface area contributed by atoms with E-state index in [-0.39, 0.29) is 11.4 Å². The first-order valence-corrected chi connectivity index (χ1v) is 4.55. The Morgan fingerprint density at radius 1 is 1.47 bits per heavy atom. The zero-order valence-electron chi connectivity index (χ0n) is 8.22. The molecule has 1 aromatic rings. The van der Waals surface area contributed by atoms with Crippen molar-refractivity contribution in [3.05, 3.63) is 40.0 Å². The minimum absolute atomic E-state index is 0.0649. The molecule has 0 saturated carbocycles. The van der Waals surface area contributed by atoms with Crippen molar-refractivity contribution in [1.82, 2.24) is 0 Å². The van der Waals surface area contributed by atoms with E-state index >= 15 is 0 Å². The fourth-order valence-electron chi connectivity index (χ4n) is 1.14. The van der Waals surface area contributed by atoms with E-state index in [0.29, 0.717) is 6.54 Å². The molecular formula is C10H13N3O2. The van der Waals surface area contributed by atoms with E-state index in [1.165, 1.54) is 12.1 Å². The number of hydrogen-bond donors (Lipinski definition) is 2. The lowest BCUT2D eigenvalue weighted by Crippen LogP contribution is -1.96. The van der Waals surface area contributed by atoms with Gasteiger partial charge in [-0.1, -0.05) is 18.2 Å². The molecular weight excluding hydrogens is 194 g/mol. The van der Waals surface area contributed by atoms with E-state index in [4.69, 9.17) is 11.5 Å². The van der Waals surface area contributed by atoms with Crippen LogP contribution in [0.25, 0.3) is 6.08 Å². The van der Waals surface area contributed by atoms with Crippen LogP contribution < -0.4 is 11.5 Å². The first-order valence-electron chi connectivity index (χ1n) is 4.55. The Bertz CT molecular complexity index is 388. The molecule has 0 amide bonds. The number of hydrogen-bond acceptors (Lipinski definition) is 4. The van der Waals surface area contributed by atoms with Gasteiger partial charge in [0.1, 0.15) is 5.69 Å². The predicted molar refractivity (Wildman–Crippen MR) is 60.2 cm³/mol. The van der Waals surface area contributed by atoms with Crippen LogP contribution >= 0.6 is 0 Å². The summed E-state index contributed by atoms with van der Waals surface area (Å²) in [7, 11) is 0. The third-order valence-electron chi connectivity index (χ3n) is 1.89. The topological polar surface area (TPSA) is 95.2 Å². The molecule has 0 unspecified atom stereocenters. The monoisotopic (exact) mass is 207 g/mol. The summed E-state index contributed by atoms with van der Waals surface area (Å²) in [6, 6.07) is 4.71. The van der Waals surface area contributed by atoms with Gasteiger partial charge < -0.3 is 11.5 Å². The van der Waals surface area contributed by atoms with Crippen molar-refractivity contribution in [3.8, 4) is 0 Å². The average Bonchev–Trinajstić information content (AvgIpc) is 2.20. The molecule has 0 aliphatic rings. The zero-order chi connectivity index (χ0) is 11.3. The Morgan fingerprint density at radius 3 is 2.80 bits per heavy atom. The van der Waals surface area contributed by atoms with Crippen molar-refractivity contribution in [2.45, 2.75) is 6.42 Å². The van der Waals surface area contributed by atoms with Gasteiger partial charge in [0.15, 0.2) is 0 Å². The number of nitrogen functional groups attached to an aromatic ring is 1. The maximum atomic E-state index is 10.6. The standard InChI is InChI=1S/C10H13N3O2/c11-6-2-1-3-8-4-5-9(12)10(7-8)13(14)15/h1,3-5,7H,2,6,11-12H2. The van der Waals surface area contributed by atoms with Crippen LogP contribution in [0, 0.1) is 10.1 Å². The van der Waals surface area contributed by atoms with E-state index in [1.54, 1.807) is 12.1 Å². The van der Waals surface area contributed by atoms with Gasteiger partial charge in [0.25, 0.3) is 5.69 Å². The fourth-order valence-corrected chi connectivity index (χ4v) is 1.14. The zero-order valence-corrected chi connectivity index (χ0v) is 8.22. The number of nitro groups is 1. The predicted octanol–water partition coefficient (Wildman–Crippen LogP) is 1.54. The third-order valence-corrected chi connectivity index (χ3v) is 1.89. The summed E-state index contributed by atoms with van der Waals surface area (Å²) >= 11 is 0. The van der Waals surface area contributed by atoms with Crippen LogP contribution in [0.15, 0.2) is 24.3 Å². The number of anilines is 1. The molecule has 0 radical (unpaired) electrons. The molecule has 0 atom stereocenters. The van der Waals surface area contributed by atoms with Gasteiger partial charge in [0.05, 0.1) is 4.92 Å². The number of benzene rings is 1. The Hall–Kier alpha value is -1.88. The van der Waals surface area contributed by atoms with Crippen LogP contribution in [0.4, 0.5) is 11.4 Å². The molecule has 15 heavy (non-hydrogen) atoms. The molecule has 80 valence electrons. The Balaban J connectivity index is 2.92. The van der Waals surface area contributed by atoms with Gasteiger partial charge in [-0.3, -0.25) is 10.1 Å². The number of nitrogens with zero attached hydrogens (tertiary/aromatic N) is 1. The summed E-state index contributed by atoms with van der Waals surface area (Å²) in [5.74, 6) is 0. The number of nitrogens with two attached hydrogens (primary N) is 2. The van der Waals surface area contributed by atoms with Gasteiger partial charge in [0, 0.05) is 6.07 Å². The molecule has 1 rings (SSSR count). The van der Waals surface area contributed by atoms with E-state index in [2.05, 4.69) is 0 Å². The highest BCUT2D eigenvalue weighted by atomic mass is 16.6. The highest BCUT2D eigenvalue weighted by Gasteiger charge is 2.10. The summed E-state index contributed by atoms with van der Waals surface area (Å²) in [5.41, 5.74) is 11.6. The van der Waals surface area contributed by atoms with Crippen LogP contribution in [-0.4, -0.2) is 11.5 Å². The van der Waals surface area contributed by atoms with Crippen LogP contribution in [0.3, 0.4) is 0 Å². The first-order chi connectivity index (χ1) is 7.15. The molecule has 5 nitrogen and oxygen atoms in total. The summed E-state index contributed by atoms with van der Waals surface area (Å²) in [4.78, 5) is 10.1. The summed E-state index contributed by atoms with van der Waals surface area (Å²) in [6.45, 7) is 0.563. The van der Waals surface area contributed by atoms with Crippen LogP contribution in [-0.2, 0) is 0 Å². The molecule has 1 aromatic carbocycles. The highest BCUT2D eigenvalue weighted by molar-refractivity contribution is 5.64. The van der Waals surface area contributed by atoms with Crippen LogP contribution in [0.5, 0.6) is 0 Å². The first kappa shape index (κ1) is 11.2. The molecule has 0 fully saturated rings. The fraction of sp³-hybridized carbons (Fsp3) is 0.200. The van der Waals surface area contributed by atoms with Gasteiger partial charge in [0.2, 0.25) is 0 Å². The van der Waals surface area contributed by atoms with E-state index < -0.39 is 4.92 Å². The van der Waals surface area contributed by atoms with Crippen molar-refractivity contribution >= 4 is 17.5 Å². The lowest BCUT2D eigenvalue weighted by Gasteiger charge is -1.98. The van der Waals surface area contributed by atoms with Crippen LogP contribution in [0.1, 0.15) is 12.0 Å². The third kappa shape index (κ3) is 3.07. The largest absolute Gasteiger partial charge is 0.393 e. The molecule has 0 aromatic heterocycles. The minimum atomic E-state index is -0.490. The normalized spacial score (nSPS) is 10.7. The van der Waals surface area contributed by atoms with Crippen molar-refractivity contribution < 1.29 is 4.92 Å². The van der Waals surface area contributed by atoms with Gasteiger partial charge >= 0.3 is 0 Å². The van der Waals surface area contributed by atoms with Crippen molar-refractivity contribution in [2.75, 3.05) is 12.3 Å². The second-order valence-corrected chi connectivity index (χ2v) is 3.06. The highest BCUT2D eigenvalue weighted by Crippen LogP contribution is 2.22. The molecule has 0 aliphatic carbocycles. The Morgan fingerprint density at radius 2 is 2.20 bits per heavy atom. The van der Waals surface area contributed by atoms with Gasteiger partial charge in [-0.15, -0.1) is 0 Å². The van der Waals surface area contributed by atoms with E-state index in [9.17, 15) is 10.1 Å².